The molecule has 7 N–H and O–H groups in total. The summed E-state index contributed by atoms with van der Waals surface area (Å²) in [5, 5.41) is 66.5. The second kappa shape index (κ2) is 9.83. The number of imide groups is 1. The average Bonchev–Trinajstić information content (AvgIpc) is 3.10. The fraction of sp³-hybridized carbons (Fsp3) is 0.400. The summed E-state index contributed by atoms with van der Waals surface area (Å²) in [4.78, 5) is 38.6. The van der Waals surface area contributed by atoms with Crippen LogP contribution < -0.4 is 10.1 Å². The molecule has 0 radical (unpaired) electrons. The third-order valence-corrected chi connectivity index (χ3v) is 7.08. The molecular weight excluding hydrogens is 537 g/mol. The molecule has 214 valence electrons. The molecule has 0 spiro atoms. The van der Waals surface area contributed by atoms with Crippen LogP contribution in [0.3, 0.4) is 0 Å². The van der Waals surface area contributed by atoms with Crippen LogP contribution in [0.2, 0.25) is 0 Å². The summed E-state index contributed by atoms with van der Waals surface area (Å²) >= 11 is 0. The first-order valence-corrected chi connectivity index (χ1v) is 12.2. The summed E-state index contributed by atoms with van der Waals surface area (Å²) in [6.07, 6.45) is -0.372. The van der Waals surface area contributed by atoms with Gasteiger partial charge in [-0.3, -0.25) is 24.6 Å². The van der Waals surface area contributed by atoms with Crippen molar-refractivity contribution in [3.8, 4) is 5.75 Å². The summed E-state index contributed by atoms with van der Waals surface area (Å²) in [7, 11) is 0. The highest BCUT2D eigenvalue weighted by Crippen LogP contribution is 2.44. The predicted octanol–water partition coefficient (Wildman–Crippen LogP) is -2.22. The van der Waals surface area contributed by atoms with Crippen molar-refractivity contribution in [2.75, 3.05) is 26.3 Å². The predicted molar refractivity (Wildman–Crippen MR) is 127 cm³/mol. The molecule has 40 heavy (non-hydrogen) atoms. The lowest BCUT2D eigenvalue weighted by Gasteiger charge is -2.38. The average molecular weight is 563 g/mol. The number of piperidine rings is 1. The molecule has 2 saturated heterocycles. The molecule has 15 heteroatoms. The standard InChI is InChI=1S/C25H26FN3O11/c26-16-12-13(23(33,34)28-8-10-39-11-9-28)4-5-15(16)25(37,38)40-18-3-1-2-14-20(18)24(35,36)29(22(14)32)17-6-7-19(30)27-21(17)31/h1-5,12,17,33-38H,6-11H2,(H,27,30,31). The SMILES string of the molecule is O=C1CCC(N2C(=O)c3cccc(OC(O)(O)c4ccc(C(O)(O)N5CCOCC5)cc4F)c3C2(O)O)C(=O)N1. The van der Waals surface area contributed by atoms with Gasteiger partial charge in [0.05, 0.1) is 29.9 Å². The van der Waals surface area contributed by atoms with E-state index in [9.17, 15) is 45.0 Å². The number of nitrogens with zero attached hydrogens (tertiary/aromatic N) is 2. The lowest BCUT2D eigenvalue weighted by molar-refractivity contribution is -0.309. The van der Waals surface area contributed by atoms with Crippen LogP contribution in [-0.4, -0.2) is 90.5 Å². The molecule has 3 amide bonds. The zero-order valence-electron chi connectivity index (χ0n) is 20.8. The Morgan fingerprint density at radius 3 is 2.40 bits per heavy atom. The number of halogens is 1. The number of rotatable bonds is 6. The van der Waals surface area contributed by atoms with Gasteiger partial charge in [-0.2, -0.15) is 0 Å². The van der Waals surface area contributed by atoms with Crippen LogP contribution in [-0.2, 0) is 32.1 Å². The van der Waals surface area contributed by atoms with Crippen molar-refractivity contribution < 1.29 is 58.9 Å². The maximum atomic E-state index is 15.1. The summed E-state index contributed by atoms with van der Waals surface area (Å²) in [6, 6.07) is 4.55. The highest BCUT2D eigenvalue weighted by molar-refractivity contribution is 6.06. The van der Waals surface area contributed by atoms with Gasteiger partial charge in [-0.05, 0) is 30.7 Å². The minimum absolute atomic E-state index is 0.140. The highest BCUT2D eigenvalue weighted by atomic mass is 19.1. The van der Waals surface area contributed by atoms with Crippen molar-refractivity contribution in [2.24, 2.45) is 0 Å². The zero-order chi connectivity index (χ0) is 29.0. The van der Waals surface area contributed by atoms with E-state index in [2.05, 4.69) is 0 Å². The summed E-state index contributed by atoms with van der Waals surface area (Å²) in [6.45, 7) is 0.716. The lowest BCUT2D eigenvalue weighted by Crippen LogP contribution is -2.58. The number of carbonyl (C=O) groups excluding carboxylic acids is 3. The van der Waals surface area contributed by atoms with Crippen LogP contribution in [0.1, 0.15) is 39.9 Å². The summed E-state index contributed by atoms with van der Waals surface area (Å²) in [5.74, 6) is -13.7. The molecule has 1 atom stereocenters. The molecule has 3 aliphatic rings. The molecule has 0 aliphatic carbocycles. The molecule has 2 fully saturated rings. The first kappa shape index (κ1) is 28.0. The van der Waals surface area contributed by atoms with E-state index >= 15 is 4.39 Å². The van der Waals surface area contributed by atoms with Gasteiger partial charge in [0.1, 0.15) is 17.6 Å². The van der Waals surface area contributed by atoms with E-state index in [0.29, 0.717) is 11.0 Å². The maximum absolute atomic E-state index is 15.1. The van der Waals surface area contributed by atoms with Gasteiger partial charge in [-0.25, -0.2) is 9.29 Å². The first-order valence-electron chi connectivity index (χ1n) is 12.2. The molecule has 14 nitrogen and oxygen atoms in total. The molecule has 0 bridgehead atoms. The number of benzene rings is 2. The first-order chi connectivity index (χ1) is 18.7. The Labute approximate surface area is 225 Å². The van der Waals surface area contributed by atoms with E-state index in [1.807, 2.05) is 5.32 Å². The quantitative estimate of drug-likeness (QED) is 0.147. The van der Waals surface area contributed by atoms with Crippen molar-refractivity contribution >= 4 is 17.7 Å². The number of aliphatic hydroxyl groups is 6. The zero-order valence-corrected chi connectivity index (χ0v) is 20.8. The van der Waals surface area contributed by atoms with E-state index in [-0.39, 0.29) is 50.3 Å². The van der Waals surface area contributed by atoms with Crippen molar-refractivity contribution in [3.05, 3.63) is 64.5 Å². The largest absolute Gasteiger partial charge is 0.435 e. The number of carbonyl (C=O) groups is 3. The van der Waals surface area contributed by atoms with Crippen LogP contribution in [0.5, 0.6) is 5.75 Å². The normalized spacial score (nSPS) is 21.8. The van der Waals surface area contributed by atoms with E-state index in [1.54, 1.807) is 0 Å². The van der Waals surface area contributed by atoms with Crippen LogP contribution in [0.25, 0.3) is 0 Å². The topological polar surface area (TPSA) is 210 Å². The summed E-state index contributed by atoms with van der Waals surface area (Å²) in [5.41, 5.74) is -2.19. The fourth-order valence-corrected chi connectivity index (χ4v) is 5.07. The van der Waals surface area contributed by atoms with Crippen LogP contribution in [0, 0.1) is 5.82 Å². The molecule has 0 saturated carbocycles. The number of hydrogen-bond acceptors (Lipinski definition) is 12. The minimum Gasteiger partial charge on any atom is -0.435 e. The van der Waals surface area contributed by atoms with Crippen LogP contribution >= 0.6 is 0 Å². The maximum Gasteiger partial charge on any atom is 0.354 e. The Kier molecular flexibility index (Phi) is 6.88. The van der Waals surface area contributed by atoms with Crippen LogP contribution in [0.15, 0.2) is 36.4 Å². The smallest absolute Gasteiger partial charge is 0.354 e. The van der Waals surface area contributed by atoms with Gasteiger partial charge in [0, 0.05) is 25.1 Å². The van der Waals surface area contributed by atoms with Gasteiger partial charge in [0.25, 0.3) is 17.7 Å². The van der Waals surface area contributed by atoms with Crippen molar-refractivity contribution in [2.45, 2.75) is 36.7 Å². The van der Waals surface area contributed by atoms with Crippen LogP contribution in [0.4, 0.5) is 4.39 Å². The third-order valence-electron chi connectivity index (χ3n) is 7.08. The van der Waals surface area contributed by atoms with Crippen molar-refractivity contribution in [1.29, 1.82) is 0 Å². The molecule has 3 aliphatic heterocycles. The van der Waals surface area contributed by atoms with Gasteiger partial charge in [0.15, 0.2) is 0 Å². The molecule has 1 unspecified atom stereocenters. The highest BCUT2D eigenvalue weighted by Gasteiger charge is 2.55. The van der Waals surface area contributed by atoms with Gasteiger partial charge in [-0.15, -0.1) is 0 Å². The Morgan fingerprint density at radius 1 is 1.05 bits per heavy atom. The Hall–Kier alpha value is -3.54. The number of ether oxygens (including phenoxy) is 2. The molecule has 0 aromatic heterocycles. The van der Waals surface area contributed by atoms with Gasteiger partial charge >= 0.3 is 5.97 Å². The van der Waals surface area contributed by atoms with Crippen molar-refractivity contribution in [1.82, 2.24) is 15.1 Å². The third kappa shape index (κ3) is 4.61. The van der Waals surface area contributed by atoms with Gasteiger partial charge in [-0.1, -0.05) is 12.1 Å². The second-order valence-corrected chi connectivity index (χ2v) is 9.60. The number of morpholine rings is 1. The summed E-state index contributed by atoms with van der Waals surface area (Å²) < 4.78 is 25.5. The Bertz CT molecular complexity index is 1370. The van der Waals surface area contributed by atoms with E-state index < -0.39 is 64.3 Å². The molecular formula is C25H26FN3O11. The minimum atomic E-state index is -3.45. The fourth-order valence-electron chi connectivity index (χ4n) is 5.07. The van der Waals surface area contributed by atoms with E-state index in [1.165, 1.54) is 17.0 Å². The second-order valence-electron chi connectivity index (χ2n) is 9.60. The Balaban J connectivity index is 1.44. The van der Waals surface area contributed by atoms with Gasteiger partial charge in [0.2, 0.25) is 11.8 Å². The van der Waals surface area contributed by atoms with E-state index in [4.69, 9.17) is 9.47 Å². The number of amides is 3. The van der Waals surface area contributed by atoms with E-state index in [0.717, 1.165) is 18.2 Å². The Morgan fingerprint density at radius 2 is 1.75 bits per heavy atom. The van der Waals surface area contributed by atoms with Crippen molar-refractivity contribution in [3.63, 3.8) is 0 Å². The lowest BCUT2D eigenvalue weighted by atomic mass is 10.0. The molecule has 3 heterocycles. The molecule has 2 aromatic rings. The molecule has 5 rings (SSSR count). The van der Waals surface area contributed by atoms with Gasteiger partial charge < -0.3 is 40.1 Å². The monoisotopic (exact) mass is 563 g/mol. The number of hydrogen-bond donors (Lipinski definition) is 7. The number of fused-ring (bicyclic) bond motifs is 1. The molecule has 2 aromatic carbocycles. The number of nitrogens with one attached hydrogen (secondary N) is 1.